The van der Waals surface area contributed by atoms with Crippen LogP contribution in [0.4, 0.5) is 5.69 Å². The second-order valence-corrected chi connectivity index (χ2v) is 4.86. The molecular weight excluding hydrogens is 250 g/mol. The molecule has 1 atom stereocenters. The van der Waals surface area contributed by atoms with Crippen molar-refractivity contribution in [3.05, 3.63) is 28.8 Å². The Morgan fingerprint density at radius 3 is 2.94 bits per heavy atom. The molecule has 0 aromatic heterocycles. The fourth-order valence-corrected chi connectivity index (χ4v) is 1.71. The van der Waals surface area contributed by atoms with Crippen molar-refractivity contribution in [3.63, 3.8) is 0 Å². The van der Waals surface area contributed by atoms with E-state index in [0.29, 0.717) is 24.8 Å². The minimum Gasteiger partial charge on any atom is -0.389 e. The van der Waals surface area contributed by atoms with E-state index in [4.69, 9.17) is 16.3 Å². The van der Waals surface area contributed by atoms with Crippen molar-refractivity contribution in [2.24, 2.45) is 0 Å². The van der Waals surface area contributed by atoms with Crippen molar-refractivity contribution < 1.29 is 9.84 Å². The third kappa shape index (κ3) is 5.71. The molecule has 18 heavy (non-hydrogen) atoms. The maximum Gasteiger partial charge on any atom is 0.0945 e. The van der Waals surface area contributed by atoms with Crippen molar-refractivity contribution in [3.8, 4) is 0 Å². The Morgan fingerprint density at radius 2 is 2.22 bits per heavy atom. The largest absolute Gasteiger partial charge is 0.389 e. The van der Waals surface area contributed by atoms with Gasteiger partial charge in [0.25, 0.3) is 0 Å². The first-order valence-electron chi connectivity index (χ1n) is 6.39. The number of hydrogen-bond donors (Lipinski definition) is 2. The van der Waals surface area contributed by atoms with Gasteiger partial charge in [0.15, 0.2) is 0 Å². The second kappa shape index (κ2) is 8.35. The fourth-order valence-electron chi connectivity index (χ4n) is 1.54. The van der Waals surface area contributed by atoms with Gasteiger partial charge in [-0.3, -0.25) is 0 Å². The van der Waals surface area contributed by atoms with Gasteiger partial charge < -0.3 is 15.2 Å². The molecule has 0 saturated heterocycles. The van der Waals surface area contributed by atoms with Gasteiger partial charge in [-0.15, -0.1) is 0 Å². The highest BCUT2D eigenvalue weighted by molar-refractivity contribution is 6.30. The molecule has 0 radical (unpaired) electrons. The maximum atomic E-state index is 9.75. The van der Waals surface area contributed by atoms with Crippen LogP contribution in [-0.4, -0.2) is 31.0 Å². The number of rotatable bonds is 8. The van der Waals surface area contributed by atoms with Crippen molar-refractivity contribution in [1.82, 2.24) is 0 Å². The Kier molecular flexibility index (Phi) is 7.09. The van der Waals surface area contributed by atoms with Gasteiger partial charge in [-0.25, -0.2) is 0 Å². The zero-order valence-electron chi connectivity index (χ0n) is 11.1. The van der Waals surface area contributed by atoms with Gasteiger partial charge >= 0.3 is 0 Å². The average Bonchev–Trinajstić information content (AvgIpc) is 2.36. The van der Waals surface area contributed by atoms with Crippen LogP contribution in [0.2, 0.25) is 5.02 Å². The van der Waals surface area contributed by atoms with Gasteiger partial charge in [-0.1, -0.05) is 31.0 Å². The third-order valence-electron chi connectivity index (χ3n) is 2.68. The highest BCUT2D eigenvalue weighted by Gasteiger charge is 2.05. The Balaban J connectivity index is 2.29. The second-order valence-electron chi connectivity index (χ2n) is 4.42. The van der Waals surface area contributed by atoms with E-state index in [0.717, 1.165) is 24.1 Å². The SMILES string of the molecule is CCCCOCC(O)CNc1cc(Cl)ccc1C. The summed E-state index contributed by atoms with van der Waals surface area (Å²) >= 11 is 5.92. The van der Waals surface area contributed by atoms with E-state index in [9.17, 15) is 5.11 Å². The van der Waals surface area contributed by atoms with Crippen LogP contribution in [0.5, 0.6) is 0 Å². The lowest BCUT2D eigenvalue weighted by atomic mass is 10.2. The van der Waals surface area contributed by atoms with Crippen LogP contribution in [0.15, 0.2) is 18.2 Å². The van der Waals surface area contributed by atoms with Crippen LogP contribution in [-0.2, 0) is 4.74 Å². The molecule has 0 bridgehead atoms. The molecule has 0 aliphatic rings. The topological polar surface area (TPSA) is 41.5 Å². The number of halogens is 1. The smallest absolute Gasteiger partial charge is 0.0945 e. The Morgan fingerprint density at radius 1 is 1.44 bits per heavy atom. The number of anilines is 1. The van der Waals surface area contributed by atoms with Gasteiger partial charge in [-0.2, -0.15) is 0 Å². The van der Waals surface area contributed by atoms with Crippen LogP contribution in [0.1, 0.15) is 25.3 Å². The van der Waals surface area contributed by atoms with Crippen LogP contribution < -0.4 is 5.32 Å². The lowest BCUT2D eigenvalue weighted by Gasteiger charge is -2.14. The molecule has 1 unspecified atom stereocenters. The summed E-state index contributed by atoms with van der Waals surface area (Å²) in [5.74, 6) is 0. The van der Waals surface area contributed by atoms with E-state index in [1.807, 2.05) is 25.1 Å². The van der Waals surface area contributed by atoms with Gasteiger partial charge in [0.2, 0.25) is 0 Å². The minimum atomic E-state index is -0.500. The van der Waals surface area contributed by atoms with E-state index in [-0.39, 0.29) is 0 Å². The summed E-state index contributed by atoms with van der Waals surface area (Å²) in [5.41, 5.74) is 2.06. The molecule has 0 heterocycles. The number of aliphatic hydroxyl groups excluding tert-OH is 1. The lowest BCUT2D eigenvalue weighted by Crippen LogP contribution is -2.25. The van der Waals surface area contributed by atoms with Gasteiger partial charge in [0.05, 0.1) is 12.7 Å². The summed E-state index contributed by atoms with van der Waals surface area (Å²) in [5, 5.41) is 13.6. The van der Waals surface area contributed by atoms with E-state index < -0.39 is 6.10 Å². The number of ether oxygens (including phenoxy) is 1. The maximum absolute atomic E-state index is 9.75. The molecule has 4 heteroatoms. The fraction of sp³-hybridized carbons (Fsp3) is 0.571. The normalized spacial score (nSPS) is 12.4. The molecule has 1 aromatic carbocycles. The Hall–Kier alpha value is -0.770. The molecule has 0 fully saturated rings. The molecule has 1 rings (SSSR count). The monoisotopic (exact) mass is 271 g/mol. The predicted octanol–water partition coefficient (Wildman–Crippen LogP) is 3.24. The third-order valence-corrected chi connectivity index (χ3v) is 2.92. The highest BCUT2D eigenvalue weighted by atomic mass is 35.5. The van der Waals surface area contributed by atoms with Crippen LogP contribution in [0, 0.1) is 6.92 Å². The molecule has 102 valence electrons. The van der Waals surface area contributed by atoms with E-state index in [1.165, 1.54) is 0 Å². The number of nitrogens with one attached hydrogen (secondary N) is 1. The molecule has 0 aliphatic carbocycles. The van der Waals surface area contributed by atoms with E-state index in [1.54, 1.807) is 0 Å². The van der Waals surface area contributed by atoms with Crippen LogP contribution in [0.3, 0.4) is 0 Å². The molecule has 3 nitrogen and oxygen atoms in total. The molecule has 0 saturated carbocycles. The number of benzene rings is 1. The van der Waals surface area contributed by atoms with Crippen molar-refractivity contribution in [1.29, 1.82) is 0 Å². The summed E-state index contributed by atoms with van der Waals surface area (Å²) in [4.78, 5) is 0. The average molecular weight is 272 g/mol. The van der Waals surface area contributed by atoms with Gasteiger partial charge in [0, 0.05) is 23.9 Å². The van der Waals surface area contributed by atoms with Gasteiger partial charge in [-0.05, 0) is 31.0 Å². The number of hydrogen-bond acceptors (Lipinski definition) is 3. The lowest BCUT2D eigenvalue weighted by molar-refractivity contribution is 0.0421. The van der Waals surface area contributed by atoms with Crippen molar-refractivity contribution in [2.45, 2.75) is 32.8 Å². The molecule has 0 amide bonds. The zero-order chi connectivity index (χ0) is 13.4. The summed E-state index contributed by atoms with van der Waals surface area (Å²) < 4.78 is 5.36. The molecule has 1 aromatic rings. The first-order valence-corrected chi connectivity index (χ1v) is 6.77. The van der Waals surface area contributed by atoms with Crippen molar-refractivity contribution >= 4 is 17.3 Å². The zero-order valence-corrected chi connectivity index (χ0v) is 11.8. The van der Waals surface area contributed by atoms with Crippen molar-refractivity contribution in [2.75, 3.05) is 25.1 Å². The summed E-state index contributed by atoms with van der Waals surface area (Å²) in [6.07, 6.45) is 1.64. The van der Waals surface area contributed by atoms with Crippen LogP contribution in [0.25, 0.3) is 0 Å². The first-order chi connectivity index (χ1) is 8.63. The Bertz CT molecular complexity index is 358. The molecule has 0 spiro atoms. The molecule has 0 aliphatic heterocycles. The standard InChI is InChI=1S/C14H22ClNO2/c1-3-4-7-18-10-13(17)9-16-14-8-12(15)6-5-11(14)2/h5-6,8,13,16-17H,3-4,7,9-10H2,1-2H3. The van der Waals surface area contributed by atoms with E-state index in [2.05, 4.69) is 12.2 Å². The van der Waals surface area contributed by atoms with E-state index >= 15 is 0 Å². The number of aliphatic hydroxyl groups is 1. The first kappa shape index (κ1) is 15.3. The summed E-state index contributed by atoms with van der Waals surface area (Å²) in [6.45, 7) is 5.66. The summed E-state index contributed by atoms with van der Waals surface area (Å²) in [7, 11) is 0. The van der Waals surface area contributed by atoms with Gasteiger partial charge in [0.1, 0.15) is 0 Å². The highest BCUT2D eigenvalue weighted by Crippen LogP contribution is 2.19. The molecule has 2 N–H and O–H groups in total. The predicted molar refractivity (Wildman–Crippen MR) is 76.4 cm³/mol. The van der Waals surface area contributed by atoms with Crippen LogP contribution >= 0.6 is 11.6 Å². The summed E-state index contributed by atoms with van der Waals surface area (Å²) in [6, 6.07) is 5.67. The number of aryl methyl sites for hydroxylation is 1. The minimum absolute atomic E-state index is 0.368. The quantitative estimate of drug-likeness (QED) is 0.713. The molecular formula is C14H22ClNO2. The Labute approximate surface area is 114 Å². The number of unbranched alkanes of at least 4 members (excludes halogenated alkanes) is 1.